The Bertz CT molecular complexity index is 1160. The fraction of sp³-hybridized carbons (Fsp3) is 0.269. The van der Waals surface area contributed by atoms with E-state index in [1.165, 1.54) is 24.1 Å². The van der Waals surface area contributed by atoms with Crippen molar-refractivity contribution in [2.75, 3.05) is 23.1 Å². The maximum Gasteiger partial charge on any atom is 0.326 e. The second-order valence-electron chi connectivity index (χ2n) is 7.83. The molecule has 0 saturated carbocycles. The number of benzene rings is 3. The summed E-state index contributed by atoms with van der Waals surface area (Å²) < 4.78 is 19.7. The van der Waals surface area contributed by atoms with Crippen LogP contribution in [0.3, 0.4) is 0 Å². The van der Waals surface area contributed by atoms with Crippen molar-refractivity contribution in [2.24, 2.45) is 0 Å². The maximum atomic E-state index is 14.6. The van der Waals surface area contributed by atoms with E-state index in [0.29, 0.717) is 39.9 Å². The number of ether oxygens (including phenoxy) is 1. The Labute approximate surface area is 209 Å². The molecule has 0 fully saturated rings. The summed E-state index contributed by atoms with van der Waals surface area (Å²) in [4.78, 5) is 15.3. The molecule has 0 aromatic heterocycles. The van der Waals surface area contributed by atoms with Crippen LogP contribution in [0.5, 0.6) is 5.75 Å². The number of nitrogens with one attached hydrogen (secondary N) is 1. The minimum Gasteiger partial charge on any atom is -0.494 e. The average molecular weight is 504 g/mol. The van der Waals surface area contributed by atoms with Crippen molar-refractivity contribution >= 4 is 46.3 Å². The minimum atomic E-state index is -0.573. The van der Waals surface area contributed by atoms with Gasteiger partial charge in [0, 0.05) is 27.5 Å². The average Bonchev–Trinajstić information content (AvgIpc) is 2.80. The van der Waals surface area contributed by atoms with Gasteiger partial charge in [0.15, 0.2) is 11.6 Å². The molecule has 0 radical (unpaired) electrons. The van der Waals surface area contributed by atoms with Crippen molar-refractivity contribution < 1.29 is 13.9 Å². The monoisotopic (exact) mass is 503 g/mol. The van der Waals surface area contributed by atoms with Crippen molar-refractivity contribution in [3.8, 4) is 5.75 Å². The van der Waals surface area contributed by atoms with Crippen molar-refractivity contribution in [1.29, 1.82) is 0 Å². The van der Waals surface area contributed by atoms with Crippen LogP contribution in [0.15, 0.2) is 48.5 Å². The molecule has 0 saturated heterocycles. The van der Waals surface area contributed by atoms with E-state index in [1.807, 2.05) is 32.9 Å². The molecule has 0 spiro atoms. The number of nitrogens with two attached hydrogens (primary N) is 1. The van der Waals surface area contributed by atoms with Crippen molar-refractivity contribution in [3.63, 3.8) is 0 Å². The molecule has 3 aromatic carbocycles. The first kappa shape index (κ1) is 25.7. The fourth-order valence-electron chi connectivity index (χ4n) is 4.01. The van der Waals surface area contributed by atoms with E-state index in [1.54, 1.807) is 24.3 Å². The number of anilines is 3. The van der Waals surface area contributed by atoms with Gasteiger partial charge in [0.2, 0.25) is 0 Å². The zero-order chi connectivity index (χ0) is 25.0. The standard InChI is InChI=1S/C26H28Cl2FN3O2/c1-5-19-21(28)14-23(30)20(6-2)25(19)31-26(33)32(15(3)16-7-9-17(27)10-8-16)18-11-12-24(34-4)22(29)13-18/h7-15H,5-6,30H2,1-4H3,(H,31,33)/t15-/m0/s1. The smallest absolute Gasteiger partial charge is 0.326 e. The van der Waals surface area contributed by atoms with Gasteiger partial charge < -0.3 is 15.8 Å². The third-order valence-electron chi connectivity index (χ3n) is 5.83. The summed E-state index contributed by atoms with van der Waals surface area (Å²) in [5.74, 6) is -0.482. The third-order valence-corrected chi connectivity index (χ3v) is 6.42. The number of carbonyl (C=O) groups is 1. The molecule has 1 atom stereocenters. The predicted molar refractivity (Wildman–Crippen MR) is 139 cm³/mol. The summed E-state index contributed by atoms with van der Waals surface area (Å²) in [5.41, 5.74) is 10.1. The van der Waals surface area contributed by atoms with E-state index >= 15 is 0 Å². The number of amides is 2. The summed E-state index contributed by atoms with van der Waals surface area (Å²) in [5, 5.41) is 4.08. The molecule has 3 aromatic rings. The lowest BCUT2D eigenvalue weighted by Crippen LogP contribution is -2.37. The van der Waals surface area contributed by atoms with E-state index in [9.17, 15) is 9.18 Å². The SMILES string of the molecule is CCc1c(N)cc(Cl)c(CC)c1NC(=O)N(c1ccc(OC)c(F)c1)[C@@H](C)c1ccc(Cl)cc1. The molecule has 5 nitrogen and oxygen atoms in total. The van der Waals surface area contributed by atoms with E-state index in [4.69, 9.17) is 33.7 Å². The Morgan fingerprint density at radius 3 is 2.29 bits per heavy atom. The minimum absolute atomic E-state index is 0.0902. The molecule has 34 heavy (non-hydrogen) atoms. The van der Waals surface area contributed by atoms with Crippen LogP contribution in [0.2, 0.25) is 10.0 Å². The molecule has 0 aliphatic carbocycles. The first-order valence-corrected chi connectivity index (χ1v) is 11.8. The number of nitrogens with zero attached hydrogens (tertiary/aromatic N) is 1. The number of hydrogen-bond donors (Lipinski definition) is 2. The van der Waals surface area contributed by atoms with Gasteiger partial charge >= 0.3 is 6.03 Å². The van der Waals surface area contributed by atoms with Crippen LogP contribution < -0.4 is 20.7 Å². The summed E-state index contributed by atoms with van der Waals surface area (Å²) in [6.45, 7) is 5.78. The first-order chi connectivity index (χ1) is 16.2. The van der Waals surface area contributed by atoms with Gasteiger partial charge in [0.25, 0.3) is 0 Å². The first-order valence-electron chi connectivity index (χ1n) is 11.0. The summed E-state index contributed by atoms with van der Waals surface area (Å²) in [6.07, 6.45) is 1.21. The molecule has 0 aliphatic rings. The van der Waals surface area contributed by atoms with Crippen LogP contribution in [0.4, 0.5) is 26.2 Å². The second-order valence-corrected chi connectivity index (χ2v) is 8.68. The van der Waals surface area contributed by atoms with Crippen molar-refractivity contribution in [3.05, 3.63) is 81.1 Å². The molecule has 8 heteroatoms. The van der Waals surface area contributed by atoms with Crippen LogP contribution in [-0.2, 0) is 12.8 Å². The van der Waals surface area contributed by atoms with Crippen LogP contribution in [0.25, 0.3) is 0 Å². The van der Waals surface area contributed by atoms with Gasteiger partial charge in [-0.1, -0.05) is 49.2 Å². The highest BCUT2D eigenvalue weighted by Gasteiger charge is 2.27. The summed E-state index contributed by atoms with van der Waals surface area (Å²) in [6, 6.07) is 12.4. The Balaban J connectivity index is 2.11. The van der Waals surface area contributed by atoms with Gasteiger partial charge in [-0.3, -0.25) is 4.90 Å². The normalized spacial score (nSPS) is 11.7. The zero-order valence-electron chi connectivity index (χ0n) is 19.6. The Morgan fingerprint density at radius 1 is 1.09 bits per heavy atom. The van der Waals surface area contributed by atoms with Gasteiger partial charge in [0.1, 0.15) is 0 Å². The van der Waals surface area contributed by atoms with E-state index in [2.05, 4.69) is 5.32 Å². The van der Waals surface area contributed by atoms with E-state index in [0.717, 1.165) is 16.7 Å². The molecular weight excluding hydrogens is 476 g/mol. The molecule has 3 N–H and O–H groups in total. The molecule has 180 valence electrons. The van der Waals surface area contributed by atoms with Crippen LogP contribution in [-0.4, -0.2) is 13.1 Å². The van der Waals surface area contributed by atoms with E-state index < -0.39 is 17.9 Å². The Morgan fingerprint density at radius 2 is 1.74 bits per heavy atom. The number of rotatable bonds is 7. The highest BCUT2D eigenvalue weighted by Crippen LogP contribution is 2.36. The lowest BCUT2D eigenvalue weighted by atomic mass is 10.0. The fourth-order valence-corrected chi connectivity index (χ4v) is 4.49. The van der Waals surface area contributed by atoms with Gasteiger partial charge in [-0.2, -0.15) is 0 Å². The largest absolute Gasteiger partial charge is 0.494 e. The van der Waals surface area contributed by atoms with E-state index in [-0.39, 0.29) is 5.75 Å². The lowest BCUT2D eigenvalue weighted by molar-refractivity contribution is 0.255. The highest BCUT2D eigenvalue weighted by molar-refractivity contribution is 6.32. The summed E-state index contributed by atoms with van der Waals surface area (Å²) >= 11 is 12.5. The number of nitrogen functional groups attached to an aromatic ring is 1. The maximum absolute atomic E-state index is 14.6. The number of methoxy groups -OCH3 is 1. The topological polar surface area (TPSA) is 67.6 Å². The number of urea groups is 1. The molecule has 0 heterocycles. The van der Waals surface area contributed by atoms with Gasteiger partial charge in [-0.25, -0.2) is 9.18 Å². The Kier molecular flexibility index (Phi) is 8.28. The quantitative estimate of drug-likeness (QED) is 0.325. The van der Waals surface area contributed by atoms with Crippen molar-refractivity contribution in [2.45, 2.75) is 39.7 Å². The molecular formula is C26H28Cl2FN3O2. The predicted octanol–water partition coefficient (Wildman–Crippen LogP) is 7.65. The van der Waals surface area contributed by atoms with Gasteiger partial charge in [-0.15, -0.1) is 0 Å². The van der Waals surface area contributed by atoms with Crippen molar-refractivity contribution in [1.82, 2.24) is 0 Å². The molecule has 0 aliphatic heterocycles. The lowest BCUT2D eigenvalue weighted by Gasteiger charge is -2.31. The Hall–Kier alpha value is -2.96. The van der Waals surface area contributed by atoms with Crippen LogP contribution in [0.1, 0.15) is 43.5 Å². The number of hydrogen-bond acceptors (Lipinski definition) is 3. The summed E-state index contributed by atoms with van der Waals surface area (Å²) in [7, 11) is 1.39. The molecule has 0 bridgehead atoms. The molecule has 2 amide bonds. The second kappa shape index (κ2) is 11.0. The molecule has 0 unspecified atom stereocenters. The van der Waals surface area contributed by atoms with Crippen LogP contribution in [0, 0.1) is 5.82 Å². The van der Waals surface area contributed by atoms with Gasteiger partial charge in [-0.05, 0) is 66.8 Å². The number of carbonyl (C=O) groups excluding carboxylic acids is 1. The highest BCUT2D eigenvalue weighted by atomic mass is 35.5. The van der Waals surface area contributed by atoms with Crippen LogP contribution >= 0.6 is 23.2 Å². The zero-order valence-corrected chi connectivity index (χ0v) is 21.1. The number of halogens is 3. The van der Waals surface area contributed by atoms with Gasteiger partial charge in [0.05, 0.1) is 18.8 Å². The third kappa shape index (κ3) is 5.24. The molecule has 3 rings (SSSR count).